The fraction of sp³-hybridized carbons (Fsp3) is 0.781. The van der Waals surface area contributed by atoms with E-state index in [4.69, 9.17) is 10.8 Å². The Morgan fingerprint density at radius 1 is 0.696 bits per heavy atom. The predicted octanol–water partition coefficient (Wildman–Crippen LogP) is 3.48. The second-order valence-corrected chi connectivity index (χ2v) is 13.2. The van der Waals surface area contributed by atoms with Gasteiger partial charge in [0.1, 0.15) is 5.78 Å². The molecule has 0 aliphatic rings. The SMILES string of the molecule is CC(=O)C(C)C(C)(C)N.COC(=O)C(C)C(C)(C)C(=O)O.COC(=O)C(C)C(C)(C)N=C=O.COC(=O)C(C)C(C)(C)NC(C)=O. The van der Waals surface area contributed by atoms with Crippen LogP contribution in [0.5, 0.6) is 0 Å². The molecule has 0 aromatic rings. The van der Waals surface area contributed by atoms with Crippen molar-refractivity contribution >= 4 is 41.6 Å². The number of aliphatic imine (C=N–C) groups is 1. The third-order valence-corrected chi connectivity index (χ3v) is 8.00. The summed E-state index contributed by atoms with van der Waals surface area (Å²) in [7, 11) is 3.89. The van der Waals surface area contributed by atoms with E-state index in [1.54, 1.807) is 55.4 Å². The highest BCUT2D eigenvalue weighted by atomic mass is 16.5. The molecule has 0 aliphatic carbocycles. The first kappa shape index (κ1) is 49.2. The number of rotatable bonds is 11. The summed E-state index contributed by atoms with van der Waals surface area (Å²) in [6, 6.07) is 0. The minimum atomic E-state index is -1.08. The molecule has 268 valence electrons. The molecule has 0 radical (unpaired) electrons. The van der Waals surface area contributed by atoms with Crippen molar-refractivity contribution in [3.05, 3.63) is 0 Å². The van der Waals surface area contributed by atoms with Crippen LogP contribution < -0.4 is 11.1 Å². The lowest BCUT2D eigenvalue weighted by atomic mass is 9.80. The zero-order valence-corrected chi connectivity index (χ0v) is 30.9. The molecule has 0 saturated heterocycles. The lowest BCUT2D eigenvalue weighted by molar-refractivity contribution is -0.160. The third-order valence-electron chi connectivity index (χ3n) is 8.00. The molecule has 46 heavy (non-hydrogen) atoms. The van der Waals surface area contributed by atoms with Crippen LogP contribution in [0.25, 0.3) is 0 Å². The molecule has 1 amide bonds. The van der Waals surface area contributed by atoms with Crippen LogP contribution in [0.3, 0.4) is 0 Å². The molecule has 4 N–H and O–H groups in total. The van der Waals surface area contributed by atoms with Gasteiger partial charge in [-0.25, -0.2) is 4.79 Å². The molecule has 14 heteroatoms. The second-order valence-electron chi connectivity index (χ2n) is 13.2. The highest BCUT2D eigenvalue weighted by Crippen LogP contribution is 2.27. The maximum absolute atomic E-state index is 11.2. The second kappa shape index (κ2) is 21.2. The summed E-state index contributed by atoms with van der Waals surface area (Å²) in [5.74, 6) is -3.67. The molecule has 0 aromatic heterocycles. The molecule has 4 unspecified atom stereocenters. The number of methoxy groups -OCH3 is 3. The first-order chi connectivity index (χ1) is 20.5. The number of isocyanates is 1. The van der Waals surface area contributed by atoms with Crippen molar-refractivity contribution in [1.82, 2.24) is 5.32 Å². The summed E-state index contributed by atoms with van der Waals surface area (Å²) in [5, 5.41) is 11.4. The smallest absolute Gasteiger partial charge is 0.310 e. The number of carboxylic acids is 1. The van der Waals surface area contributed by atoms with E-state index in [9.17, 15) is 33.6 Å². The average molecular weight is 662 g/mol. The van der Waals surface area contributed by atoms with Gasteiger partial charge in [-0.3, -0.25) is 28.8 Å². The molecule has 0 spiro atoms. The Bertz CT molecular complexity index is 1040. The Kier molecular flexibility index (Phi) is 22.7. The minimum Gasteiger partial charge on any atom is -0.481 e. The van der Waals surface area contributed by atoms with Gasteiger partial charge in [0.25, 0.3) is 0 Å². The fourth-order valence-electron chi connectivity index (χ4n) is 2.89. The standard InChI is InChI=1S/C9H17NO3.C8H13NO3.C8H14O4.C7H15NO/c1-6(8(12)13-5)9(3,4)10-7(2)11;1-6(7(11)12-4)8(2,3)9-5-10;1-5(6(9)12-4)8(2,3)7(10)11;1-5(6(2)9)7(3,4)8/h6H,1-5H3,(H,10,11);6H,1-4H3;5H,1-4H3,(H,10,11);5H,8H2,1-4H3. The summed E-state index contributed by atoms with van der Waals surface area (Å²) >= 11 is 0. The lowest BCUT2D eigenvalue weighted by Gasteiger charge is -2.30. The number of esters is 3. The Morgan fingerprint density at radius 3 is 1.28 bits per heavy atom. The predicted molar refractivity (Wildman–Crippen MR) is 173 cm³/mol. The van der Waals surface area contributed by atoms with Crippen molar-refractivity contribution in [2.24, 2.45) is 39.8 Å². The van der Waals surface area contributed by atoms with Crippen LogP contribution in [0.1, 0.15) is 96.9 Å². The van der Waals surface area contributed by atoms with Crippen LogP contribution in [-0.4, -0.2) is 84.7 Å². The zero-order valence-electron chi connectivity index (χ0n) is 30.9. The number of hydrogen-bond acceptors (Lipinski definition) is 12. The van der Waals surface area contributed by atoms with E-state index < -0.39 is 40.3 Å². The van der Waals surface area contributed by atoms with Crippen molar-refractivity contribution in [2.75, 3.05) is 21.3 Å². The highest BCUT2D eigenvalue weighted by molar-refractivity contribution is 5.83. The van der Waals surface area contributed by atoms with Crippen molar-refractivity contribution in [1.29, 1.82) is 0 Å². The van der Waals surface area contributed by atoms with Crippen LogP contribution in [0.4, 0.5) is 0 Å². The van der Waals surface area contributed by atoms with E-state index in [0.29, 0.717) is 0 Å². The van der Waals surface area contributed by atoms with E-state index in [-0.39, 0.29) is 41.0 Å². The molecule has 0 fully saturated rings. The monoisotopic (exact) mass is 661 g/mol. The summed E-state index contributed by atoms with van der Waals surface area (Å²) < 4.78 is 13.6. The first-order valence-electron chi connectivity index (χ1n) is 14.6. The Morgan fingerprint density at radius 2 is 1.04 bits per heavy atom. The largest absolute Gasteiger partial charge is 0.481 e. The van der Waals surface area contributed by atoms with Gasteiger partial charge in [0.05, 0.1) is 50.0 Å². The van der Waals surface area contributed by atoms with Gasteiger partial charge in [-0.05, 0) is 76.2 Å². The van der Waals surface area contributed by atoms with Gasteiger partial charge in [0.15, 0.2) is 0 Å². The number of carboxylic acid groups (broad SMARTS) is 1. The molecule has 0 aromatic carbocycles. The van der Waals surface area contributed by atoms with Crippen LogP contribution >= 0.6 is 0 Å². The average Bonchev–Trinajstić information content (AvgIpc) is 2.93. The Hall–Kier alpha value is -3.64. The van der Waals surface area contributed by atoms with E-state index in [2.05, 4.69) is 24.5 Å². The summed E-state index contributed by atoms with van der Waals surface area (Å²) in [4.78, 5) is 78.9. The van der Waals surface area contributed by atoms with Crippen molar-refractivity contribution < 1.29 is 52.9 Å². The number of amides is 1. The number of carbonyl (C=O) groups is 6. The van der Waals surface area contributed by atoms with Crippen molar-refractivity contribution in [2.45, 2.75) is 114 Å². The maximum Gasteiger partial charge on any atom is 0.310 e. The molecule has 0 rings (SSSR count). The molecule has 14 nitrogen and oxygen atoms in total. The van der Waals surface area contributed by atoms with Crippen LogP contribution in [-0.2, 0) is 47.8 Å². The van der Waals surface area contributed by atoms with Crippen molar-refractivity contribution in [3.63, 3.8) is 0 Å². The van der Waals surface area contributed by atoms with Gasteiger partial charge < -0.3 is 30.4 Å². The van der Waals surface area contributed by atoms with Gasteiger partial charge in [-0.2, -0.15) is 4.99 Å². The number of ether oxygens (including phenoxy) is 3. The third kappa shape index (κ3) is 19.0. The highest BCUT2D eigenvalue weighted by Gasteiger charge is 2.39. The molecule has 0 bridgehead atoms. The summed E-state index contributed by atoms with van der Waals surface area (Å²) in [6.07, 6.45) is 1.44. The topological polar surface area (TPSA) is 218 Å². The number of Topliss-reactive ketones (excluding diaryl/α,β-unsaturated/α-hetero) is 1. The number of nitrogens with one attached hydrogen (secondary N) is 1. The molecule has 0 heterocycles. The molecule has 4 atom stereocenters. The molecule has 0 saturated carbocycles. The Labute approximate surface area is 274 Å². The van der Waals surface area contributed by atoms with Crippen molar-refractivity contribution in [3.8, 4) is 0 Å². The number of carbonyl (C=O) groups excluding carboxylic acids is 6. The number of nitrogens with two attached hydrogens (primary N) is 1. The maximum atomic E-state index is 11.2. The quantitative estimate of drug-likeness (QED) is 0.125. The van der Waals surface area contributed by atoms with Gasteiger partial charge in [0.2, 0.25) is 12.0 Å². The van der Waals surface area contributed by atoms with Gasteiger partial charge >= 0.3 is 23.9 Å². The summed E-state index contributed by atoms with van der Waals surface area (Å²) in [6.45, 7) is 23.4. The first-order valence-corrected chi connectivity index (χ1v) is 14.6. The summed E-state index contributed by atoms with van der Waals surface area (Å²) in [5.41, 5.74) is 2.90. The van der Waals surface area contributed by atoms with Gasteiger partial charge in [-0.15, -0.1) is 0 Å². The normalized spacial score (nSPS) is 13.7. The van der Waals surface area contributed by atoms with Gasteiger partial charge in [0, 0.05) is 23.9 Å². The molecule has 0 aliphatic heterocycles. The van der Waals surface area contributed by atoms with E-state index >= 15 is 0 Å². The molecular weight excluding hydrogens is 602 g/mol. The zero-order chi connectivity index (χ0) is 38.0. The lowest BCUT2D eigenvalue weighted by Crippen LogP contribution is -2.50. The minimum absolute atomic E-state index is 0.0440. The Balaban J connectivity index is -0.000000258. The number of nitrogens with zero attached hydrogens (tertiary/aromatic N) is 1. The van der Waals surface area contributed by atoms with E-state index in [1.165, 1.54) is 48.2 Å². The van der Waals surface area contributed by atoms with E-state index in [0.717, 1.165) is 0 Å². The number of hydrogen-bond donors (Lipinski definition) is 3. The number of ketones is 1. The fourth-order valence-corrected chi connectivity index (χ4v) is 2.89. The van der Waals surface area contributed by atoms with Crippen LogP contribution in [0.15, 0.2) is 4.99 Å². The molecular formula is C32H59N3O11. The van der Waals surface area contributed by atoms with Crippen LogP contribution in [0.2, 0.25) is 0 Å². The van der Waals surface area contributed by atoms with E-state index in [1.807, 2.05) is 20.8 Å². The van der Waals surface area contributed by atoms with Gasteiger partial charge in [-0.1, -0.05) is 13.8 Å². The number of aliphatic carboxylic acids is 1. The van der Waals surface area contributed by atoms with Crippen LogP contribution in [0, 0.1) is 29.1 Å².